The first-order valence-electron chi connectivity index (χ1n) is 6.20. The van der Waals surface area contributed by atoms with Gasteiger partial charge < -0.3 is 16.3 Å². The van der Waals surface area contributed by atoms with E-state index in [0.717, 1.165) is 31.7 Å². The van der Waals surface area contributed by atoms with Gasteiger partial charge in [-0.2, -0.15) is 0 Å². The number of carbonyl (C=O) groups excluding carboxylic acids is 1. The number of nitrogens with two attached hydrogens (primary N) is 1. The van der Waals surface area contributed by atoms with E-state index in [-0.39, 0.29) is 28.9 Å². The predicted molar refractivity (Wildman–Crippen MR) is 69.5 cm³/mol. The third-order valence-electron chi connectivity index (χ3n) is 3.36. The van der Waals surface area contributed by atoms with Crippen LogP contribution < -0.4 is 11.1 Å². The zero-order chi connectivity index (χ0) is 13.8. The van der Waals surface area contributed by atoms with E-state index in [9.17, 15) is 9.18 Å². The Balaban J connectivity index is 2.10. The van der Waals surface area contributed by atoms with E-state index in [0.29, 0.717) is 0 Å². The molecule has 2 rings (SSSR count). The van der Waals surface area contributed by atoms with Crippen LogP contribution in [0.25, 0.3) is 0 Å². The van der Waals surface area contributed by atoms with E-state index in [1.165, 1.54) is 12.1 Å². The van der Waals surface area contributed by atoms with Crippen molar-refractivity contribution in [2.24, 2.45) is 16.8 Å². The Bertz CT molecular complexity index is 511. The number of benzene rings is 1. The minimum atomic E-state index is -0.601. The molecule has 5 nitrogen and oxygen atoms in total. The zero-order valence-corrected chi connectivity index (χ0v) is 10.4. The highest BCUT2D eigenvalue weighted by atomic mass is 19.1. The van der Waals surface area contributed by atoms with E-state index in [1.54, 1.807) is 0 Å². The Morgan fingerprint density at radius 3 is 2.68 bits per heavy atom. The van der Waals surface area contributed by atoms with Gasteiger partial charge in [0.1, 0.15) is 5.82 Å². The minimum absolute atomic E-state index is 0.0249. The number of rotatable bonds is 3. The molecule has 1 amide bonds. The maximum Gasteiger partial charge on any atom is 0.227 e. The summed E-state index contributed by atoms with van der Waals surface area (Å²) >= 11 is 0. The van der Waals surface area contributed by atoms with Crippen LogP contribution in [0.15, 0.2) is 23.4 Å². The van der Waals surface area contributed by atoms with Gasteiger partial charge in [0.05, 0.1) is 5.69 Å². The summed E-state index contributed by atoms with van der Waals surface area (Å²) in [4.78, 5) is 11.9. The fraction of sp³-hybridized carbons (Fsp3) is 0.385. The lowest BCUT2D eigenvalue weighted by Gasteiger charge is -2.11. The second-order valence-electron chi connectivity index (χ2n) is 4.65. The number of amides is 1. The summed E-state index contributed by atoms with van der Waals surface area (Å²) in [6, 6.07) is 4.03. The van der Waals surface area contributed by atoms with E-state index < -0.39 is 5.82 Å². The van der Waals surface area contributed by atoms with Crippen LogP contribution in [-0.4, -0.2) is 17.0 Å². The highest BCUT2D eigenvalue weighted by molar-refractivity contribution is 5.98. The highest BCUT2D eigenvalue weighted by Crippen LogP contribution is 2.26. The van der Waals surface area contributed by atoms with Crippen molar-refractivity contribution >= 4 is 17.4 Å². The first kappa shape index (κ1) is 13.3. The van der Waals surface area contributed by atoms with Gasteiger partial charge in [0.25, 0.3) is 0 Å². The molecular weight excluding hydrogens is 249 g/mol. The van der Waals surface area contributed by atoms with Crippen LogP contribution in [0, 0.1) is 11.7 Å². The molecule has 1 aromatic carbocycles. The molecule has 1 aliphatic carbocycles. The fourth-order valence-corrected chi connectivity index (χ4v) is 2.26. The van der Waals surface area contributed by atoms with Crippen LogP contribution in [0.5, 0.6) is 0 Å². The van der Waals surface area contributed by atoms with E-state index >= 15 is 0 Å². The van der Waals surface area contributed by atoms with Gasteiger partial charge in [0.15, 0.2) is 5.84 Å². The molecule has 1 aliphatic rings. The number of nitrogens with one attached hydrogen (secondary N) is 1. The van der Waals surface area contributed by atoms with Crippen molar-refractivity contribution in [2.75, 3.05) is 5.32 Å². The quantitative estimate of drug-likeness (QED) is 0.338. The number of hydrogen-bond acceptors (Lipinski definition) is 3. The molecule has 0 unspecified atom stereocenters. The van der Waals surface area contributed by atoms with E-state index in [4.69, 9.17) is 10.9 Å². The summed E-state index contributed by atoms with van der Waals surface area (Å²) in [6.45, 7) is 0. The molecular formula is C13H16FN3O2. The lowest BCUT2D eigenvalue weighted by Crippen LogP contribution is -2.21. The average molecular weight is 265 g/mol. The molecule has 0 atom stereocenters. The number of carbonyl (C=O) groups is 1. The van der Waals surface area contributed by atoms with Crippen LogP contribution in [0.4, 0.5) is 10.1 Å². The van der Waals surface area contributed by atoms with Gasteiger partial charge in [0.2, 0.25) is 5.91 Å². The lowest BCUT2D eigenvalue weighted by molar-refractivity contribution is -0.119. The molecule has 19 heavy (non-hydrogen) atoms. The van der Waals surface area contributed by atoms with Crippen molar-refractivity contribution in [1.29, 1.82) is 0 Å². The Morgan fingerprint density at radius 1 is 1.42 bits per heavy atom. The van der Waals surface area contributed by atoms with Crippen molar-refractivity contribution in [3.8, 4) is 0 Å². The fourth-order valence-electron chi connectivity index (χ4n) is 2.26. The van der Waals surface area contributed by atoms with Gasteiger partial charge in [-0.05, 0) is 31.0 Å². The molecule has 0 aliphatic heterocycles. The third kappa shape index (κ3) is 3.01. The summed E-state index contributed by atoms with van der Waals surface area (Å²) < 4.78 is 13.8. The Hall–Kier alpha value is -2.11. The van der Waals surface area contributed by atoms with E-state index in [1.807, 2.05) is 0 Å². The van der Waals surface area contributed by atoms with Gasteiger partial charge >= 0.3 is 0 Å². The van der Waals surface area contributed by atoms with Gasteiger partial charge in [-0.3, -0.25) is 4.79 Å². The second-order valence-corrected chi connectivity index (χ2v) is 4.65. The molecule has 0 spiro atoms. The number of oxime groups is 1. The molecule has 4 N–H and O–H groups in total. The maximum atomic E-state index is 13.8. The smallest absolute Gasteiger partial charge is 0.227 e. The van der Waals surface area contributed by atoms with Crippen LogP contribution in [0.2, 0.25) is 0 Å². The molecule has 0 aromatic heterocycles. The molecule has 102 valence electrons. The molecule has 1 fully saturated rings. The van der Waals surface area contributed by atoms with Crippen molar-refractivity contribution < 1.29 is 14.4 Å². The summed E-state index contributed by atoms with van der Waals surface area (Å²) in [6.07, 6.45) is 3.80. The normalized spacial score (nSPS) is 16.6. The van der Waals surface area contributed by atoms with Crippen LogP contribution in [0.3, 0.4) is 0 Å². The lowest BCUT2D eigenvalue weighted by atomic mass is 10.1. The first-order valence-corrected chi connectivity index (χ1v) is 6.20. The number of hydrogen-bond donors (Lipinski definition) is 3. The number of nitrogens with zero attached hydrogens (tertiary/aromatic N) is 1. The Kier molecular flexibility index (Phi) is 3.99. The summed E-state index contributed by atoms with van der Waals surface area (Å²) in [5.41, 5.74) is 5.74. The van der Waals surface area contributed by atoms with Crippen molar-refractivity contribution in [3.05, 3.63) is 29.6 Å². The molecule has 0 bridgehead atoms. The van der Waals surface area contributed by atoms with Crippen LogP contribution in [0.1, 0.15) is 31.2 Å². The SMILES string of the molecule is N/C(=N/O)c1ccc(NC(=O)C2CCCC2)c(F)c1. The molecule has 1 saturated carbocycles. The molecule has 6 heteroatoms. The van der Waals surface area contributed by atoms with Gasteiger partial charge in [0, 0.05) is 11.5 Å². The summed E-state index contributed by atoms with van der Waals surface area (Å²) in [7, 11) is 0. The maximum absolute atomic E-state index is 13.8. The topological polar surface area (TPSA) is 87.7 Å². The second kappa shape index (κ2) is 5.69. The Morgan fingerprint density at radius 2 is 2.11 bits per heavy atom. The Labute approximate surface area is 110 Å². The monoisotopic (exact) mass is 265 g/mol. The molecule has 1 aromatic rings. The molecule has 0 heterocycles. The zero-order valence-electron chi connectivity index (χ0n) is 10.4. The number of halogens is 1. The highest BCUT2D eigenvalue weighted by Gasteiger charge is 2.23. The molecule has 0 radical (unpaired) electrons. The minimum Gasteiger partial charge on any atom is -0.409 e. The van der Waals surface area contributed by atoms with Crippen molar-refractivity contribution in [1.82, 2.24) is 0 Å². The van der Waals surface area contributed by atoms with Crippen LogP contribution >= 0.6 is 0 Å². The molecule has 0 saturated heterocycles. The van der Waals surface area contributed by atoms with E-state index in [2.05, 4.69) is 10.5 Å². The first-order chi connectivity index (χ1) is 9.11. The summed E-state index contributed by atoms with van der Waals surface area (Å²) in [5, 5.41) is 13.9. The predicted octanol–water partition coefficient (Wildman–Crippen LogP) is 2.05. The largest absolute Gasteiger partial charge is 0.409 e. The van der Waals surface area contributed by atoms with Crippen molar-refractivity contribution in [2.45, 2.75) is 25.7 Å². The number of anilines is 1. The van der Waals surface area contributed by atoms with Crippen LogP contribution in [-0.2, 0) is 4.79 Å². The summed E-state index contributed by atoms with van der Waals surface area (Å²) in [5.74, 6) is -0.945. The van der Waals surface area contributed by atoms with Gasteiger partial charge in [-0.15, -0.1) is 0 Å². The van der Waals surface area contributed by atoms with Gasteiger partial charge in [-0.25, -0.2) is 4.39 Å². The number of amidine groups is 1. The van der Waals surface area contributed by atoms with Crippen molar-refractivity contribution in [3.63, 3.8) is 0 Å². The average Bonchev–Trinajstić information content (AvgIpc) is 2.94. The third-order valence-corrected chi connectivity index (χ3v) is 3.36. The van der Waals surface area contributed by atoms with Gasteiger partial charge in [-0.1, -0.05) is 18.0 Å². The standard InChI is InChI=1S/C13H16FN3O2/c14-10-7-9(12(15)17-19)5-6-11(10)16-13(18)8-3-1-2-4-8/h5-8,19H,1-4H2,(H2,15,17)(H,16,18).